The largest absolute Gasteiger partial charge is 0.353 e. The normalized spacial score (nSPS) is 20.9. The van der Waals surface area contributed by atoms with E-state index in [2.05, 4.69) is 17.2 Å². The SMILES string of the molecule is C=CCNC(=O)CCN1C(=O)NC2(CCCCC2)C1=O. The molecule has 0 radical (unpaired) electrons. The van der Waals surface area contributed by atoms with Crippen molar-refractivity contribution < 1.29 is 14.4 Å². The van der Waals surface area contributed by atoms with Gasteiger partial charge in [0.25, 0.3) is 5.91 Å². The highest BCUT2D eigenvalue weighted by molar-refractivity contribution is 6.07. The minimum Gasteiger partial charge on any atom is -0.353 e. The Morgan fingerprint density at radius 3 is 2.70 bits per heavy atom. The minimum atomic E-state index is -0.701. The van der Waals surface area contributed by atoms with E-state index < -0.39 is 5.54 Å². The van der Waals surface area contributed by atoms with Gasteiger partial charge in [-0.15, -0.1) is 6.58 Å². The average molecular weight is 279 g/mol. The molecule has 20 heavy (non-hydrogen) atoms. The highest BCUT2D eigenvalue weighted by atomic mass is 16.2. The first-order valence-electron chi connectivity index (χ1n) is 7.11. The molecule has 1 spiro atoms. The summed E-state index contributed by atoms with van der Waals surface area (Å²) in [6.45, 7) is 4.03. The van der Waals surface area contributed by atoms with E-state index in [-0.39, 0.29) is 30.8 Å². The highest BCUT2D eigenvalue weighted by Gasteiger charge is 2.50. The number of nitrogens with one attached hydrogen (secondary N) is 2. The molecule has 2 rings (SSSR count). The van der Waals surface area contributed by atoms with Crippen molar-refractivity contribution >= 4 is 17.8 Å². The second-order valence-electron chi connectivity index (χ2n) is 5.37. The molecule has 6 heteroatoms. The zero-order valence-electron chi connectivity index (χ0n) is 11.6. The summed E-state index contributed by atoms with van der Waals surface area (Å²) in [6, 6.07) is -0.367. The Hall–Kier alpha value is -1.85. The maximum Gasteiger partial charge on any atom is 0.325 e. The number of nitrogens with zero attached hydrogens (tertiary/aromatic N) is 1. The topological polar surface area (TPSA) is 78.5 Å². The molecule has 1 saturated heterocycles. The second kappa shape index (κ2) is 6.07. The third-order valence-electron chi connectivity index (χ3n) is 3.96. The minimum absolute atomic E-state index is 0.128. The van der Waals surface area contributed by atoms with Gasteiger partial charge in [-0.2, -0.15) is 0 Å². The molecule has 0 aromatic rings. The van der Waals surface area contributed by atoms with Crippen molar-refractivity contribution in [3.8, 4) is 0 Å². The van der Waals surface area contributed by atoms with E-state index in [1.165, 1.54) is 4.90 Å². The van der Waals surface area contributed by atoms with Crippen LogP contribution in [0.1, 0.15) is 38.5 Å². The monoisotopic (exact) mass is 279 g/mol. The summed E-state index contributed by atoms with van der Waals surface area (Å²) >= 11 is 0. The number of hydrogen-bond donors (Lipinski definition) is 2. The van der Waals surface area contributed by atoms with Crippen molar-refractivity contribution in [2.24, 2.45) is 0 Å². The molecule has 0 aromatic heterocycles. The maximum absolute atomic E-state index is 12.4. The van der Waals surface area contributed by atoms with E-state index in [0.717, 1.165) is 19.3 Å². The number of hydrogen-bond acceptors (Lipinski definition) is 3. The van der Waals surface area contributed by atoms with Crippen LogP contribution in [0.4, 0.5) is 4.79 Å². The Kier molecular flexibility index (Phi) is 4.42. The van der Waals surface area contributed by atoms with E-state index >= 15 is 0 Å². The van der Waals surface area contributed by atoms with Gasteiger partial charge in [-0.3, -0.25) is 14.5 Å². The lowest BCUT2D eigenvalue weighted by Gasteiger charge is -2.30. The van der Waals surface area contributed by atoms with Crippen LogP contribution in [-0.2, 0) is 9.59 Å². The summed E-state index contributed by atoms with van der Waals surface area (Å²) in [5, 5.41) is 5.46. The highest BCUT2D eigenvalue weighted by Crippen LogP contribution is 2.33. The van der Waals surface area contributed by atoms with E-state index in [1.807, 2.05) is 0 Å². The first-order chi connectivity index (χ1) is 9.59. The predicted molar refractivity (Wildman–Crippen MR) is 73.9 cm³/mol. The van der Waals surface area contributed by atoms with Crippen molar-refractivity contribution in [1.82, 2.24) is 15.5 Å². The lowest BCUT2D eigenvalue weighted by molar-refractivity contribution is -0.132. The van der Waals surface area contributed by atoms with Gasteiger partial charge in [0.15, 0.2) is 0 Å². The molecule has 2 aliphatic rings. The molecule has 1 heterocycles. The van der Waals surface area contributed by atoms with Crippen LogP contribution in [0.2, 0.25) is 0 Å². The first kappa shape index (κ1) is 14.6. The van der Waals surface area contributed by atoms with Crippen molar-refractivity contribution in [2.75, 3.05) is 13.1 Å². The standard InChI is InChI=1S/C14H21N3O3/c1-2-9-15-11(18)6-10-17-12(19)14(16-13(17)20)7-4-3-5-8-14/h2H,1,3-10H2,(H,15,18)(H,16,20). The molecule has 1 saturated carbocycles. The van der Waals surface area contributed by atoms with Gasteiger partial charge in [0.2, 0.25) is 5.91 Å². The Bertz CT molecular complexity index is 427. The predicted octanol–water partition coefficient (Wildman–Crippen LogP) is 0.933. The Morgan fingerprint density at radius 2 is 2.05 bits per heavy atom. The van der Waals surface area contributed by atoms with Gasteiger partial charge in [-0.05, 0) is 12.8 Å². The van der Waals surface area contributed by atoms with Crippen molar-refractivity contribution in [2.45, 2.75) is 44.1 Å². The van der Waals surface area contributed by atoms with Gasteiger partial charge in [0, 0.05) is 19.5 Å². The van der Waals surface area contributed by atoms with Crippen molar-refractivity contribution in [3.05, 3.63) is 12.7 Å². The molecule has 0 bridgehead atoms. The van der Waals surface area contributed by atoms with Crippen LogP contribution in [0, 0.1) is 0 Å². The van der Waals surface area contributed by atoms with E-state index in [0.29, 0.717) is 19.4 Å². The maximum atomic E-state index is 12.4. The fourth-order valence-electron chi connectivity index (χ4n) is 2.86. The Labute approximate surface area is 118 Å². The molecular formula is C14H21N3O3. The van der Waals surface area contributed by atoms with E-state index in [4.69, 9.17) is 0 Å². The lowest BCUT2D eigenvalue weighted by Crippen LogP contribution is -2.48. The molecular weight excluding hydrogens is 258 g/mol. The fraction of sp³-hybridized carbons (Fsp3) is 0.643. The Balaban J connectivity index is 1.92. The van der Waals surface area contributed by atoms with Crippen LogP contribution in [0.5, 0.6) is 0 Å². The number of rotatable bonds is 5. The third kappa shape index (κ3) is 2.84. The quantitative estimate of drug-likeness (QED) is 0.580. The van der Waals surface area contributed by atoms with Crippen LogP contribution in [0.25, 0.3) is 0 Å². The van der Waals surface area contributed by atoms with Crippen LogP contribution in [0.3, 0.4) is 0 Å². The van der Waals surface area contributed by atoms with Gasteiger partial charge >= 0.3 is 6.03 Å². The number of carbonyl (C=O) groups is 3. The summed E-state index contributed by atoms with van der Waals surface area (Å²) in [5.41, 5.74) is -0.701. The molecule has 1 aliphatic heterocycles. The molecule has 6 nitrogen and oxygen atoms in total. The fourth-order valence-corrected chi connectivity index (χ4v) is 2.86. The molecule has 110 valence electrons. The lowest BCUT2D eigenvalue weighted by atomic mass is 9.82. The Morgan fingerprint density at radius 1 is 1.35 bits per heavy atom. The summed E-state index contributed by atoms with van der Waals surface area (Å²) in [4.78, 5) is 37.0. The van der Waals surface area contributed by atoms with Crippen LogP contribution in [0.15, 0.2) is 12.7 Å². The van der Waals surface area contributed by atoms with Gasteiger partial charge < -0.3 is 10.6 Å². The number of imide groups is 1. The molecule has 0 aromatic carbocycles. The van der Waals surface area contributed by atoms with Crippen LogP contribution >= 0.6 is 0 Å². The number of urea groups is 1. The van der Waals surface area contributed by atoms with Gasteiger partial charge in [0.05, 0.1) is 0 Å². The molecule has 2 N–H and O–H groups in total. The molecule has 4 amide bonds. The number of carbonyl (C=O) groups excluding carboxylic acids is 3. The van der Waals surface area contributed by atoms with Crippen molar-refractivity contribution in [3.63, 3.8) is 0 Å². The van der Waals surface area contributed by atoms with Gasteiger partial charge in [0.1, 0.15) is 5.54 Å². The number of amides is 4. The average Bonchev–Trinajstić information content (AvgIpc) is 2.66. The summed E-state index contributed by atoms with van der Waals surface area (Å²) in [6.07, 6.45) is 6.15. The zero-order chi connectivity index (χ0) is 14.6. The molecule has 0 atom stereocenters. The van der Waals surface area contributed by atoms with Crippen LogP contribution in [-0.4, -0.2) is 41.4 Å². The molecule has 1 aliphatic carbocycles. The van der Waals surface area contributed by atoms with Crippen LogP contribution < -0.4 is 10.6 Å². The summed E-state index contributed by atoms with van der Waals surface area (Å²) in [7, 11) is 0. The summed E-state index contributed by atoms with van der Waals surface area (Å²) < 4.78 is 0. The van der Waals surface area contributed by atoms with Crippen molar-refractivity contribution in [1.29, 1.82) is 0 Å². The smallest absolute Gasteiger partial charge is 0.325 e. The molecule has 2 fully saturated rings. The first-order valence-corrected chi connectivity index (χ1v) is 7.11. The summed E-state index contributed by atoms with van der Waals surface area (Å²) in [5.74, 6) is -0.353. The van der Waals surface area contributed by atoms with Gasteiger partial charge in [-0.1, -0.05) is 25.3 Å². The van der Waals surface area contributed by atoms with E-state index in [1.54, 1.807) is 6.08 Å². The molecule has 0 unspecified atom stereocenters. The van der Waals surface area contributed by atoms with Gasteiger partial charge in [-0.25, -0.2) is 4.79 Å². The van der Waals surface area contributed by atoms with E-state index in [9.17, 15) is 14.4 Å². The second-order valence-corrected chi connectivity index (χ2v) is 5.37. The zero-order valence-corrected chi connectivity index (χ0v) is 11.6. The third-order valence-corrected chi connectivity index (χ3v) is 3.96.